The monoisotopic (exact) mass is 442 g/mol. The minimum Gasteiger partial charge on any atom is -0.360 e. The molecular formula is C22H19FN2O3S2. The number of nitrogens with zero attached hydrogens (tertiary/aromatic N) is 1. The Morgan fingerprint density at radius 2 is 1.93 bits per heavy atom. The summed E-state index contributed by atoms with van der Waals surface area (Å²) in [6, 6.07) is 13.1. The molecule has 8 heteroatoms. The van der Waals surface area contributed by atoms with E-state index in [0.717, 1.165) is 15.4 Å². The Hall–Kier alpha value is -2.97. The molecule has 0 saturated heterocycles. The van der Waals surface area contributed by atoms with Gasteiger partial charge in [-0.05, 0) is 54.6 Å². The fraction of sp³-hybridized carbons (Fsp3) is 0.136. The molecule has 0 fully saturated rings. The number of benzene rings is 2. The van der Waals surface area contributed by atoms with Crippen molar-refractivity contribution < 1.29 is 17.6 Å². The average Bonchev–Trinajstić information content (AvgIpc) is 3.16. The van der Waals surface area contributed by atoms with Crippen LogP contribution >= 0.6 is 11.3 Å². The Bertz CT molecular complexity index is 1280. The Labute approximate surface area is 178 Å². The highest BCUT2D eigenvalue weighted by Gasteiger charge is 2.41. The van der Waals surface area contributed by atoms with Crippen LogP contribution in [0, 0.1) is 19.7 Å². The summed E-state index contributed by atoms with van der Waals surface area (Å²) in [7, 11) is -4.13. The summed E-state index contributed by atoms with van der Waals surface area (Å²) in [5.74, 6) is -0.997. The van der Waals surface area contributed by atoms with Crippen LogP contribution in [0.5, 0.6) is 0 Å². The van der Waals surface area contributed by atoms with Gasteiger partial charge in [0.15, 0.2) is 4.91 Å². The molecule has 1 aliphatic rings. The summed E-state index contributed by atoms with van der Waals surface area (Å²) in [4.78, 5) is 12.9. The molecule has 0 aliphatic carbocycles. The summed E-state index contributed by atoms with van der Waals surface area (Å²) >= 11 is 1.18. The van der Waals surface area contributed by atoms with Crippen LogP contribution in [-0.2, 0) is 16.6 Å². The number of sulfonamides is 1. The van der Waals surface area contributed by atoms with E-state index in [1.165, 1.54) is 35.7 Å². The molecule has 0 bridgehead atoms. The molecule has 0 spiro atoms. The second kappa shape index (κ2) is 7.70. The quantitative estimate of drug-likeness (QED) is 0.578. The van der Waals surface area contributed by atoms with Crippen LogP contribution in [0.25, 0.3) is 0 Å². The molecule has 4 rings (SSSR count). The number of carbonyl (C=O) groups excluding carboxylic acids is 1. The number of hydrogen-bond acceptors (Lipinski definition) is 5. The van der Waals surface area contributed by atoms with Crippen LogP contribution in [0.2, 0.25) is 0 Å². The van der Waals surface area contributed by atoms with Crippen molar-refractivity contribution in [3.8, 4) is 0 Å². The molecule has 1 aromatic heterocycles. The molecule has 0 saturated carbocycles. The maximum atomic E-state index is 13.6. The molecule has 0 atom stereocenters. The van der Waals surface area contributed by atoms with Gasteiger partial charge in [-0.2, -0.15) is 0 Å². The number of Topliss-reactive ketones (excluding diaryl/α,β-unsaturated/α-hetero) is 1. The number of fused-ring (bicyclic) bond motifs is 1. The molecule has 5 nitrogen and oxygen atoms in total. The molecule has 2 heterocycles. The van der Waals surface area contributed by atoms with E-state index in [1.54, 1.807) is 17.5 Å². The minimum atomic E-state index is -4.13. The summed E-state index contributed by atoms with van der Waals surface area (Å²) in [5.41, 5.74) is 3.53. The van der Waals surface area contributed by atoms with Crippen molar-refractivity contribution in [2.45, 2.75) is 20.4 Å². The van der Waals surface area contributed by atoms with E-state index in [9.17, 15) is 17.6 Å². The number of aryl methyl sites for hydroxylation is 2. The standard InChI is InChI=1S/C22H19FN2O3S2/c1-14-6-7-18(15(2)10-14)24-12-20-21(26)22-19(8-9-29-22)25(30(20,27)28)13-16-4-3-5-17(23)11-16/h3-12,24H,13H2,1-2H3/b20-12-. The lowest BCUT2D eigenvalue weighted by atomic mass is 10.1. The number of allylic oxidation sites excluding steroid dienone is 1. The molecule has 0 radical (unpaired) electrons. The number of carbonyl (C=O) groups is 1. The third-order valence-electron chi connectivity index (χ3n) is 4.87. The third-order valence-corrected chi connectivity index (χ3v) is 7.53. The number of ketones is 1. The van der Waals surface area contributed by atoms with Crippen molar-refractivity contribution in [1.82, 2.24) is 0 Å². The van der Waals surface area contributed by atoms with Crippen LogP contribution in [0.15, 0.2) is 65.0 Å². The second-order valence-electron chi connectivity index (χ2n) is 7.08. The first-order valence-corrected chi connectivity index (χ1v) is 11.5. The topological polar surface area (TPSA) is 66.5 Å². The molecule has 30 heavy (non-hydrogen) atoms. The normalized spacial score (nSPS) is 16.6. The summed E-state index contributed by atoms with van der Waals surface area (Å²) in [6.45, 7) is 3.80. The molecule has 1 aliphatic heterocycles. The highest BCUT2D eigenvalue weighted by molar-refractivity contribution is 7.97. The van der Waals surface area contributed by atoms with Crippen molar-refractivity contribution in [2.24, 2.45) is 0 Å². The van der Waals surface area contributed by atoms with E-state index in [4.69, 9.17) is 0 Å². The average molecular weight is 443 g/mol. The maximum absolute atomic E-state index is 13.6. The second-order valence-corrected chi connectivity index (χ2v) is 9.82. The van der Waals surface area contributed by atoms with Crippen molar-refractivity contribution in [1.29, 1.82) is 0 Å². The zero-order valence-electron chi connectivity index (χ0n) is 16.3. The number of nitrogens with one attached hydrogen (secondary N) is 1. The van der Waals surface area contributed by atoms with Crippen molar-refractivity contribution in [3.05, 3.63) is 92.4 Å². The number of hydrogen-bond donors (Lipinski definition) is 1. The highest BCUT2D eigenvalue weighted by Crippen LogP contribution is 2.39. The maximum Gasteiger partial charge on any atom is 0.270 e. The van der Waals surface area contributed by atoms with Gasteiger partial charge in [-0.15, -0.1) is 11.3 Å². The molecule has 0 amide bonds. The number of rotatable bonds is 4. The fourth-order valence-corrected chi connectivity index (χ4v) is 5.86. The van der Waals surface area contributed by atoms with Gasteiger partial charge in [0.25, 0.3) is 10.0 Å². The Kier molecular flexibility index (Phi) is 5.21. The largest absolute Gasteiger partial charge is 0.360 e. The van der Waals surface area contributed by atoms with E-state index in [1.807, 2.05) is 32.0 Å². The number of thiophene rings is 1. The van der Waals surface area contributed by atoms with E-state index in [0.29, 0.717) is 21.8 Å². The van der Waals surface area contributed by atoms with Crippen molar-refractivity contribution in [2.75, 3.05) is 9.62 Å². The summed E-state index contributed by atoms with van der Waals surface area (Å²) in [5, 5.41) is 4.65. The number of halogens is 1. The Balaban J connectivity index is 1.75. The summed E-state index contributed by atoms with van der Waals surface area (Å²) in [6.07, 6.45) is 1.25. The lowest BCUT2D eigenvalue weighted by Crippen LogP contribution is -2.38. The third kappa shape index (κ3) is 3.64. The molecule has 1 N–H and O–H groups in total. The van der Waals surface area contributed by atoms with E-state index in [2.05, 4.69) is 5.32 Å². The molecule has 3 aromatic rings. The van der Waals surface area contributed by atoms with Crippen LogP contribution in [-0.4, -0.2) is 14.2 Å². The molecule has 2 aromatic carbocycles. The van der Waals surface area contributed by atoms with E-state index in [-0.39, 0.29) is 11.4 Å². The first kappa shape index (κ1) is 20.3. The van der Waals surface area contributed by atoms with E-state index < -0.39 is 21.6 Å². The van der Waals surface area contributed by atoms with Crippen molar-refractivity contribution in [3.63, 3.8) is 0 Å². The van der Waals surface area contributed by atoms with Gasteiger partial charge in [-0.1, -0.05) is 29.8 Å². The van der Waals surface area contributed by atoms with Gasteiger partial charge >= 0.3 is 0 Å². The van der Waals surface area contributed by atoms with Gasteiger partial charge in [0.2, 0.25) is 5.78 Å². The first-order chi connectivity index (χ1) is 14.3. The van der Waals surface area contributed by atoms with E-state index >= 15 is 0 Å². The smallest absolute Gasteiger partial charge is 0.270 e. The van der Waals surface area contributed by atoms with Gasteiger partial charge in [-0.25, -0.2) is 12.8 Å². The molecular weight excluding hydrogens is 423 g/mol. The van der Waals surface area contributed by atoms with Gasteiger partial charge in [0, 0.05) is 11.9 Å². The first-order valence-electron chi connectivity index (χ1n) is 9.21. The SMILES string of the molecule is Cc1ccc(N/C=C2/C(=O)c3sccc3N(Cc3cccc(F)c3)S2(=O)=O)c(C)c1. The van der Waals surface area contributed by atoms with Crippen LogP contribution in [0.3, 0.4) is 0 Å². The lowest BCUT2D eigenvalue weighted by Gasteiger charge is -2.29. The lowest BCUT2D eigenvalue weighted by molar-refractivity contribution is 0.104. The predicted octanol–water partition coefficient (Wildman–Crippen LogP) is 4.99. The molecule has 0 unspecified atom stereocenters. The zero-order valence-corrected chi connectivity index (χ0v) is 18.0. The molecule has 154 valence electrons. The predicted molar refractivity (Wildman–Crippen MR) is 118 cm³/mol. The van der Waals surface area contributed by atoms with Crippen LogP contribution in [0.1, 0.15) is 26.4 Å². The Morgan fingerprint density at radius 1 is 1.13 bits per heavy atom. The fourth-order valence-electron chi connectivity index (χ4n) is 3.38. The Morgan fingerprint density at radius 3 is 2.67 bits per heavy atom. The van der Waals surface area contributed by atoms with Gasteiger partial charge in [-0.3, -0.25) is 9.10 Å². The number of anilines is 2. The van der Waals surface area contributed by atoms with Gasteiger partial charge < -0.3 is 5.32 Å². The zero-order chi connectivity index (χ0) is 21.5. The van der Waals surface area contributed by atoms with Crippen LogP contribution in [0.4, 0.5) is 15.8 Å². The highest BCUT2D eigenvalue weighted by atomic mass is 32.2. The van der Waals surface area contributed by atoms with Gasteiger partial charge in [0.05, 0.1) is 12.2 Å². The van der Waals surface area contributed by atoms with Crippen LogP contribution < -0.4 is 9.62 Å². The minimum absolute atomic E-state index is 0.0714. The van der Waals surface area contributed by atoms with Crippen molar-refractivity contribution >= 4 is 38.5 Å². The summed E-state index contributed by atoms with van der Waals surface area (Å²) < 4.78 is 41.5. The van der Waals surface area contributed by atoms with Gasteiger partial charge in [0.1, 0.15) is 10.7 Å².